The van der Waals surface area contributed by atoms with Gasteiger partial charge in [0.25, 0.3) is 5.91 Å². The number of halogens is 1. The highest BCUT2D eigenvalue weighted by Gasteiger charge is 2.19. The van der Waals surface area contributed by atoms with Crippen molar-refractivity contribution in [3.05, 3.63) is 87.8 Å². The summed E-state index contributed by atoms with van der Waals surface area (Å²) in [6, 6.07) is 19.3. The zero-order chi connectivity index (χ0) is 22.0. The van der Waals surface area contributed by atoms with Crippen LogP contribution in [0.25, 0.3) is 16.9 Å². The van der Waals surface area contributed by atoms with Crippen LogP contribution in [-0.2, 0) is 0 Å². The number of aromatic amines is 1. The van der Waals surface area contributed by atoms with Crippen molar-refractivity contribution in [1.82, 2.24) is 25.4 Å². The summed E-state index contributed by atoms with van der Waals surface area (Å²) in [6.45, 7) is 5.76. The molecule has 4 rings (SSSR count). The monoisotopic (exact) mass is 476 g/mol. The molecule has 7 nitrogen and oxygen atoms in total. The number of nitrogens with zero attached hydrogens (tertiary/aromatic N) is 4. The molecule has 0 saturated carbocycles. The Morgan fingerprint density at radius 3 is 2.52 bits per heavy atom. The molecule has 0 saturated heterocycles. The van der Waals surface area contributed by atoms with E-state index in [-0.39, 0.29) is 5.91 Å². The highest BCUT2D eigenvalue weighted by atomic mass is 79.9. The third kappa shape index (κ3) is 4.34. The second-order valence-corrected chi connectivity index (χ2v) is 8.02. The van der Waals surface area contributed by atoms with Crippen LogP contribution in [0.1, 0.15) is 34.4 Å². The van der Waals surface area contributed by atoms with Crippen molar-refractivity contribution in [3.8, 4) is 16.9 Å². The summed E-state index contributed by atoms with van der Waals surface area (Å²) in [5.41, 5.74) is 8.86. The number of hydrogen-bond donors (Lipinski definition) is 2. The molecule has 8 heteroatoms. The van der Waals surface area contributed by atoms with Gasteiger partial charge in [0, 0.05) is 10.0 Å². The second-order valence-electron chi connectivity index (χ2n) is 7.11. The van der Waals surface area contributed by atoms with E-state index in [0.717, 1.165) is 32.7 Å². The van der Waals surface area contributed by atoms with Gasteiger partial charge in [-0.05, 0) is 56.7 Å². The fraction of sp³-hybridized carbons (Fsp3) is 0.130. The first-order valence-corrected chi connectivity index (χ1v) is 10.5. The number of carbonyl (C=O) groups is 1. The van der Waals surface area contributed by atoms with Crippen LogP contribution in [0.2, 0.25) is 0 Å². The molecule has 2 aromatic heterocycles. The summed E-state index contributed by atoms with van der Waals surface area (Å²) in [7, 11) is 0. The largest absolute Gasteiger partial charge is 0.289 e. The molecule has 2 heterocycles. The van der Waals surface area contributed by atoms with Crippen molar-refractivity contribution in [2.45, 2.75) is 20.8 Å². The van der Waals surface area contributed by atoms with Crippen molar-refractivity contribution in [2.75, 3.05) is 0 Å². The van der Waals surface area contributed by atoms with E-state index in [9.17, 15) is 4.79 Å². The zero-order valence-electron chi connectivity index (χ0n) is 17.3. The maximum Gasteiger partial charge on any atom is 0.289 e. The second kappa shape index (κ2) is 8.69. The molecule has 0 aliphatic rings. The first-order valence-electron chi connectivity index (χ1n) is 9.72. The first-order chi connectivity index (χ1) is 14.9. The highest BCUT2D eigenvalue weighted by Crippen LogP contribution is 2.27. The smallest absolute Gasteiger partial charge is 0.272 e. The number of aromatic nitrogens is 4. The number of hydrazone groups is 1. The van der Waals surface area contributed by atoms with Crippen molar-refractivity contribution in [2.24, 2.45) is 5.10 Å². The minimum atomic E-state index is -0.360. The van der Waals surface area contributed by atoms with E-state index in [1.165, 1.54) is 0 Å². The van der Waals surface area contributed by atoms with Gasteiger partial charge in [-0.15, -0.1) is 0 Å². The average molecular weight is 477 g/mol. The summed E-state index contributed by atoms with van der Waals surface area (Å²) < 4.78 is 2.87. The Labute approximate surface area is 188 Å². The van der Waals surface area contributed by atoms with Gasteiger partial charge in [-0.3, -0.25) is 9.89 Å². The molecule has 0 aliphatic heterocycles. The third-order valence-corrected chi connectivity index (χ3v) is 5.49. The van der Waals surface area contributed by atoms with E-state index < -0.39 is 0 Å². The fourth-order valence-corrected chi connectivity index (χ4v) is 3.61. The lowest BCUT2D eigenvalue weighted by Gasteiger charge is -2.04. The van der Waals surface area contributed by atoms with Gasteiger partial charge >= 0.3 is 0 Å². The van der Waals surface area contributed by atoms with E-state index in [2.05, 4.69) is 41.8 Å². The Morgan fingerprint density at radius 2 is 1.81 bits per heavy atom. The maximum atomic E-state index is 12.6. The van der Waals surface area contributed by atoms with Crippen molar-refractivity contribution < 1.29 is 4.79 Å². The molecule has 2 N–H and O–H groups in total. The quantitative estimate of drug-likeness (QED) is 0.320. The van der Waals surface area contributed by atoms with Crippen molar-refractivity contribution in [3.63, 3.8) is 0 Å². The van der Waals surface area contributed by atoms with Gasteiger partial charge in [-0.2, -0.15) is 15.3 Å². The Bertz CT molecular complexity index is 1260. The molecule has 0 unspecified atom stereocenters. The molecule has 156 valence electrons. The van der Waals surface area contributed by atoms with Gasteiger partial charge < -0.3 is 0 Å². The van der Waals surface area contributed by atoms with Gasteiger partial charge in [0.1, 0.15) is 5.69 Å². The first kappa shape index (κ1) is 20.7. The number of benzene rings is 2. The van der Waals surface area contributed by atoms with Crippen LogP contribution in [0.15, 0.2) is 70.2 Å². The number of nitrogens with one attached hydrogen (secondary N) is 2. The molecule has 2 aromatic carbocycles. The third-order valence-electron chi connectivity index (χ3n) is 4.96. The minimum Gasteiger partial charge on any atom is -0.272 e. The molecule has 4 aromatic rings. The molecular weight excluding hydrogens is 456 g/mol. The van der Waals surface area contributed by atoms with Crippen LogP contribution in [0.5, 0.6) is 0 Å². The lowest BCUT2D eigenvalue weighted by Crippen LogP contribution is -2.19. The summed E-state index contributed by atoms with van der Waals surface area (Å²) in [6.07, 6.45) is 0. The predicted octanol–water partition coefficient (Wildman–Crippen LogP) is 4.80. The van der Waals surface area contributed by atoms with Crippen molar-refractivity contribution in [1.29, 1.82) is 0 Å². The zero-order valence-corrected chi connectivity index (χ0v) is 18.9. The van der Waals surface area contributed by atoms with Gasteiger partial charge in [-0.25, -0.2) is 10.1 Å². The van der Waals surface area contributed by atoms with Gasteiger partial charge in [0.2, 0.25) is 0 Å². The molecule has 0 aliphatic carbocycles. The van der Waals surface area contributed by atoms with Crippen LogP contribution in [0, 0.1) is 13.8 Å². The molecule has 0 radical (unpaired) electrons. The van der Waals surface area contributed by atoms with Crippen molar-refractivity contribution >= 4 is 27.5 Å². The van der Waals surface area contributed by atoms with Crippen LogP contribution in [-0.4, -0.2) is 31.6 Å². The molecule has 0 bridgehead atoms. The number of rotatable bonds is 5. The van der Waals surface area contributed by atoms with Gasteiger partial charge in [0.15, 0.2) is 0 Å². The number of aryl methyl sites for hydroxylation is 1. The average Bonchev–Trinajstić information content (AvgIpc) is 3.37. The number of amides is 1. The van der Waals surface area contributed by atoms with E-state index in [0.29, 0.717) is 17.1 Å². The standard InChI is InChI=1S/C23H21BrN6O/c1-14(17-9-11-18(24)12-10-17)25-28-23(31)21-13-20(26-27-21)22-15(2)29-30(16(22)3)19-7-5-4-6-8-19/h4-13H,1-3H3,(H,26,27)(H,28,31)/b25-14+. The molecule has 31 heavy (non-hydrogen) atoms. The van der Waals surface area contributed by atoms with E-state index >= 15 is 0 Å². The molecule has 0 atom stereocenters. The van der Waals surface area contributed by atoms with E-state index in [1.54, 1.807) is 6.07 Å². The summed E-state index contributed by atoms with van der Waals surface area (Å²) in [5.74, 6) is -0.360. The SMILES string of the molecule is C/C(=N\NC(=O)c1cc(-c2c(C)nn(-c3ccccc3)c2C)n[nH]1)c1ccc(Br)cc1. The number of carbonyl (C=O) groups excluding carboxylic acids is 1. The Balaban J connectivity index is 1.54. The fourth-order valence-electron chi connectivity index (χ4n) is 3.35. The topological polar surface area (TPSA) is 88.0 Å². The molecule has 1 amide bonds. The Hall–Kier alpha value is -3.52. The van der Waals surface area contributed by atoms with Crippen LogP contribution in [0.4, 0.5) is 0 Å². The van der Waals surface area contributed by atoms with Gasteiger partial charge in [-0.1, -0.05) is 46.3 Å². The number of para-hydroxylation sites is 1. The Morgan fingerprint density at radius 1 is 1.10 bits per heavy atom. The van der Waals surface area contributed by atoms with E-state index in [1.807, 2.05) is 80.1 Å². The lowest BCUT2D eigenvalue weighted by atomic mass is 10.1. The minimum absolute atomic E-state index is 0.327. The Kier molecular flexibility index (Phi) is 5.81. The van der Waals surface area contributed by atoms with Crippen LogP contribution in [0.3, 0.4) is 0 Å². The van der Waals surface area contributed by atoms with Crippen LogP contribution < -0.4 is 5.43 Å². The number of H-pyrrole nitrogens is 1. The maximum absolute atomic E-state index is 12.6. The van der Waals surface area contributed by atoms with Gasteiger partial charge in [0.05, 0.1) is 28.5 Å². The lowest BCUT2D eigenvalue weighted by molar-refractivity contribution is 0.0950. The molecule has 0 fully saturated rings. The molecule has 0 spiro atoms. The van der Waals surface area contributed by atoms with Crippen LogP contribution >= 0.6 is 15.9 Å². The summed E-state index contributed by atoms with van der Waals surface area (Å²) in [4.78, 5) is 12.6. The highest BCUT2D eigenvalue weighted by molar-refractivity contribution is 9.10. The molecular formula is C23H21BrN6O. The summed E-state index contributed by atoms with van der Waals surface area (Å²) >= 11 is 3.41. The predicted molar refractivity (Wildman–Crippen MR) is 124 cm³/mol. The van der Waals surface area contributed by atoms with E-state index in [4.69, 9.17) is 0 Å². The number of hydrogen-bond acceptors (Lipinski definition) is 4. The normalized spacial score (nSPS) is 11.5. The summed E-state index contributed by atoms with van der Waals surface area (Å²) in [5, 5.41) is 16.0.